The van der Waals surface area contributed by atoms with Gasteiger partial charge in [0.1, 0.15) is 0 Å². The SMILES string of the molecule is c1ccc2c(c1)CCCC/C2=N/Nc1nc2ccccc2[nH]1. The van der Waals surface area contributed by atoms with E-state index in [1.54, 1.807) is 0 Å². The van der Waals surface area contributed by atoms with Crippen molar-refractivity contribution < 1.29 is 0 Å². The zero-order valence-electron chi connectivity index (χ0n) is 12.3. The lowest BCUT2D eigenvalue weighted by Crippen LogP contribution is -2.05. The largest absolute Gasteiger partial charge is 0.323 e. The number of anilines is 1. The van der Waals surface area contributed by atoms with Crippen LogP contribution in [0.1, 0.15) is 30.4 Å². The first-order valence-corrected chi connectivity index (χ1v) is 7.76. The highest BCUT2D eigenvalue weighted by molar-refractivity contribution is 6.02. The Labute approximate surface area is 129 Å². The monoisotopic (exact) mass is 290 g/mol. The topological polar surface area (TPSA) is 53.1 Å². The number of hydrogen-bond donors (Lipinski definition) is 2. The standard InChI is InChI=1S/C18H18N4/c1-3-9-14-13(7-1)8-2-4-10-15(14)21-22-18-19-16-11-5-6-12-17(16)20-18/h1,3,5-7,9,11-12H,2,4,8,10H2,(H2,19,20,22)/b21-15-. The summed E-state index contributed by atoms with van der Waals surface area (Å²) in [6, 6.07) is 16.6. The van der Waals surface area contributed by atoms with Crippen LogP contribution < -0.4 is 5.43 Å². The molecule has 110 valence electrons. The number of nitrogens with zero attached hydrogens (tertiary/aromatic N) is 2. The molecule has 0 aliphatic heterocycles. The maximum absolute atomic E-state index is 4.62. The normalized spacial score (nSPS) is 16.5. The number of benzene rings is 2. The lowest BCUT2D eigenvalue weighted by atomic mass is 10.0. The molecule has 0 radical (unpaired) electrons. The molecule has 4 heteroatoms. The molecule has 0 unspecified atom stereocenters. The number of aryl methyl sites for hydroxylation is 1. The van der Waals surface area contributed by atoms with Crippen LogP contribution in [0.15, 0.2) is 53.6 Å². The Bertz CT molecular complexity index is 799. The van der Waals surface area contributed by atoms with Crippen molar-refractivity contribution in [2.75, 3.05) is 5.43 Å². The van der Waals surface area contributed by atoms with E-state index in [1.807, 2.05) is 24.3 Å². The summed E-state index contributed by atoms with van der Waals surface area (Å²) in [5.74, 6) is 0.690. The number of para-hydroxylation sites is 2. The fourth-order valence-corrected chi connectivity index (χ4v) is 3.00. The van der Waals surface area contributed by atoms with Crippen LogP contribution in [0.3, 0.4) is 0 Å². The highest BCUT2D eigenvalue weighted by Crippen LogP contribution is 2.21. The maximum Gasteiger partial charge on any atom is 0.222 e. The van der Waals surface area contributed by atoms with Gasteiger partial charge in [-0.3, -0.25) is 0 Å². The molecule has 1 aliphatic carbocycles. The van der Waals surface area contributed by atoms with Crippen LogP contribution in [-0.2, 0) is 6.42 Å². The first-order valence-electron chi connectivity index (χ1n) is 7.76. The summed E-state index contributed by atoms with van der Waals surface area (Å²) in [7, 11) is 0. The number of nitrogens with one attached hydrogen (secondary N) is 2. The highest BCUT2D eigenvalue weighted by atomic mass is 15.4. The Kier molecular flexibility index (Phi) is 3.35. The van der Waals surface area contributed by atoms with Gasteiger partial charge in [0, 0.05) is 5.56 Å². The third kappa shape index (κ3) is 2.48. The van der Waals surface area contributed by atoms with Crippen molar-refractivity contribution in [3.05, 3.63) is 59.7 Å². The van der Waals surface area contributed by atoms with E-state index >= 15 is 0 Å². The molecule has 0 saturated heterocycles. The van der Waals surface area contributed by atoms with Crippen molar-refractivity contribution in [2.24, 2.45) is 5.10 Å². The molecule has 4 rings (SSSR count). The van der Waals surface area contributed by atoms with Crippen LogP contribution in [0.25, 0.3) is 11.0 Å². The van der Waals surface area contributed by atoms with Crippen LogP contribution in [-0.4, -0.2) is 15.7 Å². The minimum absolute atomic E-state index is 0.690. The van der Waals surface area contributed by atoms with Crippen LogP contribution in [0.5, 0.6) is 0 Å². The molecule has 0 atom stereocenters. The molecule has 22 heavy (non-hydrogen) atoms. The zero-order chi connectivity index (χ0) is 14.8. The van der Waals surface area contributed by atoms with E-state index in [4.69, 9.17) is 0 Å². The highest BCUT2D eigenvalue weighted by Gasteiger charge is 2.13. The van der Waals surface area contributed by atoms with Gasteiger partial charge in [-0.15, -0.1) is 0 Å². The molecule has 1 heterocycles. The molecule has 0 bridgehead atoms. The summed E-state index contributed by atoms with van der Waals surface area (Å²) < 4.78 is 0. The minimum atomic E-state index is 0.690. The van der Waals surface area contributed by atoms with Gasteiger partial charge in [0.15, 0.2) is 0 Å². The van der Waals surface area contributed by atoms with Crippen LogP contribution >= 0.6 is 0 Å². The van der Waals surface area contributed by atoms with Crippen molar-refractivity contribution in [2.45, 2.75) is 25.7 Å². The lowest BCUT2D eigenvalue weighted by molar-refractivity contribution is 0.775. The van der Waals surface area contributed by atoms with Gasteiger partial charge >= 0.3 is 0 Å². The predicted molar refractivity (Wildman–Crippen MR) is 90.3 cm³/mol. The smallest absolute Gasteiger partial charge is 0.222 e. The summed E-state index contributed by atoms with van der Waals surface area (Å²) in [4.78, 5) is 7.75. The molecule has 2 aromatic carbocycles. The zero-order valence-corrected chi connectivity index (χ0v) is 12.3. The van der Waals surface area contributed by atoms with E-state index in [0.717, 1.165) is 29.6 Å². The van der Waals surface area contributed by atoms with Gasteiger partial charge in [-0.2, -0.15) is 5.10 Å². The van der Waals surface area contributed by atoms with Gasteiger partial charge in [-0.25, -0.2) is 10.4 Å². The number of fused-ring (bicyclic) bond motifs is 2. The summed E-state index contributed by atoms with van der Waals surface area (Å²) in [5.41, 5.74) is 8.84. The Morgan fingerprint density at radius 2 is 1.77 bits per heavy atom. The summed E-state index contributed by atoms with van der Waals surface area (Å²) in [6.07, 6.45) is 4.54. The third-order valence-electron chi connectivity index (χ3n) is 4.12. The molecule has 0 spiro atoms. The van der Waals surface area contributed by atoms with Crippen molar-refractivity contribution in [3.8, 4) is 0 Å². The van der Waals surface area contributed by atoms with Crippen molar-refractivity contribution >= 4 is 22.7 Å². The summed E-state index contributed by atoms with van der Waals surface area (Å²) in [5, 5.41) is 4.62. The first-order chi connectivity index (χ1) is 10.9. The Balaban J connectivity index is 1.64. The molecule has 0 amide bonds. The molecular weight excluding hydrogens is 272 g/mol. The number of H-pyrrole nitrogens is 1. The maximum atomic E-state index is 4.62. The van der Waals surface area contributed by atoms with Crippen molar-refractivity contribution in [1.82, 2.24) is 9.97 Å². The molecule has 0 fully saturated rings. The number of aromatic nitrogens is 2. The number of aromatic amines is 1. The van der Waals surface area contributed by atoms with Gasteiger partial charge in [-0.1, -0.05) is 36.4 Å². The molecule has 1 aliphatic rings. The van der Waals surface area contributed by atoms with Crippen molar-refractivity contribution in [3.63, 3.8) is 0 Å². The van der Waals surface area contributed by atoms with E-state index in [2.05, 4.69) is 44.8 Å². The van der Waals surface area contributed by atoms with E-state index in [0.29, 0.717) is 5.95 Å². The summed E-state index contributed by atoms with van der Waals surface area (Å²) >= 11 is 0. The molecule has 0 saturated carbocycles. The number of imidazole rings is 1. The molecule has 4 nitrogen and oxygen atoms in total. The van der Waals surface area contributed by atoms with Gasteiger partial charge in [-0.05, 0) is 43.4 Å². The Morgan fingerprint density at radius 1 is 0.955 bits per heavy atom. The second-order valence-corrected chi connectivity index (χ2v) is 5.64. The average Bonchev–Trinajstić information content (AvgIpc) is 2.86. The van der Waals surface area contributed by atoms with Gasteiger partial charge < -0.3 is 4.98 Å². The van der Waals surface area contributed by atoms with E-state index < -0.39 is 0 Å². The van der Waals surface area contributed by atoms with Gasteiger partial charge in [0.2, 0.25) is 5.95 Å². The first kappa shape index (κ1) is 13.1. The van der Waals surface area contributed by atoms with Crippen LogP contribution in [0.4, 0.5) is 5.95 Å². The van der Waals surface area contributed by atoms with Gasteiger partial charge in [0.25, 0.3) is 0 Å². The summed E-state index contributed by atoms with van der Waals surface area (Å²) in [6.45, 7) is 0. The van der Waals surface area contributed by atoms with Crippen LogP contribution in [0, 0.1) is 0 Å². The lowest BCUT2D eigenvalue weighted by Gasteiger charge is -2.07. The second kappa shape index (κ2) is 5.64. The second-order valence-electron chi connectivity index (χ2n) is 5.64. The number of hydrazone groups is 1. The van der Waals surface area contributed by atoms with Gasteiger partial charge in [0.05, 0.1) is 16.7 Å². The van der Waals surface area contributed by atoms with E-state index in [1.165, 1.54) is 24.0 Å². The van der Waals surface area contributed by atoms with Crippen LogP contribution in [0.2, 0.25) is 0 Å². The number of rotatable bonds is 2. The number of hydrogen-bond acceptors (Lipinski definition) is 3. The third-order valence-corrected chi connectivity index (χ3v) is 4.12. The predicted octanol–water partition coefficient (Wildman–Crippen LogP) is 4.11. The van der Waals surface area contributed by atoms with E-state index in [9.17, 15) is 0 Å². The van der Waals surface area contributed by atoms with Crippen molar-refractivity contribution in [1.29, 1.82) is 0 Å². The molecule has 2 N–H and O–H groups in total. The Hall–Kier alpha value is -2.62. The Morgan fingerprint density at radius 3 is 2.73 bits per heavy atom. The molecule has 1 aromatic heterocycles. The molecule has 3 aromatic rings. The minimum Gasteiger partial charge on any atom is -0.323 e. The quantitative estimate of drug-likeness (QED) is 0.551. The fraction of sp³-hybridized carbons (Fsp3) is 0.222. The molecular formula is C18H18N4. The fourth-order valence-electron chi connectivity index (χ4n) is 3.00. The van der Waals surface area contributed by atoms with E-state index in [-0.39, 0.29) is 0 Å². The average molecular weight is 290 g/mol.